The standard InChI is InChI=1S/C28H32O4/c1-2-26(29)31-19-13-7-5-3-4-6-8-14-20-32-28(30)27-24-17-11-9-15-22(24)21-23-16-10-12-18-25(23)27/h2,9-12,15-18,21H,1,3-8,13-14,19-20H2. The average Bonchev–Trinajstić information content (AvgIpc) is 2.82. The van der Waals surface area contributed by atoms with Gasteiger partial charge >= 0.3 is 11.9 Å². The van der Waals surface area contributed by atoms with Gasteiger partial charge in [-0.05, 0) is 40.5 Å². The molecule has 0 fully saturated rings. The van der Waals surface area contributed by atoms with Gasteiger partial charge in [-0.1, -0.05) is 93.6 Å². The Balaban J connectivity index is 1.37. The SMILES string of the molecule is C=CC(=O)OCCCCCCCCCCOC(=O)c1c2ccccc2cc2ccccc12. The zero-order chi connectivity index (χ0) is 22.6. The van der Waals surface area contributed by atoms with E-state index in [0.29, 0.717) is 18.8 Å². The topological polar surface area (TPSA) is 52.6 Å². The van der Waals surface area contributed by atoms with Crippen LogP contribution < -0.4 is 0 Å². The number of esters is 2. The molecule has 0 saturated carbocycles. The number of carbonyl (C=O) groups excluding carboxylic acids is 2. The molecule has 0 N–H and O–H groups in total. The monoisotopic (exact) mass is 432 g/mol. The van der Waals surface area contributed by atoms with Crippen LogP contribution in [-0.2, 0) is 14.3 Å². The molecule has 0 aliphatic heterocycles. The Morgan fingerprint density at radius 1 is 0.688 bits per heavy atom. The lowest BCUT2D eigenvalue weighted by Gasteiger charge is -2.11. The van der Waals surface area contributed by atoms with E-state index in [4.69, 9.17) is 9.47 Å². The molecule has 0 saturated heterocycles. The first-order valence-corrected chi connectivity index (χ1v) is 11.6. The fourth-order valence-electron chi connectivity index (χ4n) is 3.97. The summed E-state index contributed by atoms with van der Waals surface area (Å²) in [5.41, 5.74) is 0.664. The maximum Gasteiger partial charge on any atom is 0.339 e. The van der Waals surface area contributed by atoms with Crippen molar-refractivity contribution in [2.75, 3.05) is 13.2 Å². The van der Waals surface area contributed by atoms with Gasteiger partial charge in [0.15, 0.2) is 0 Å². The van der Waals surface area contributed by atoms with Crippen LogP contribution in [0.2, 0.25) is 0 Å². The zero-order valence-electron chi connectivity index (χ0n) is 18.7. The van der Waals surface area contributed by atoms with Crippen molar-refractivity contribution in [2.45, 2.75) is 51.4 Å². The van der Waals surface area contributed by atoms with E-state index in [9.17, 15) is 9.59 Å². The molecular formula is C28H32O4. The van der Waals surface area contributed by atoms with Crippen LogP contribution >= 0.6 is 0 Å². The summed E-state index contributed by atoms with van der Waals surface area (Å²) in [5.74, 6) is -0.588. The number of hydrogen-bond acceptors (Lipinski definition) is 4. The predicted molar refractivity (Wildman–Crippen MR) is 130 cm³/mol. The minimum atomic E-state index is -0.348. The van der Waals surface area contributed by atoms with Crippen molar-refractivity contribution in [3.63, 3.8) is 0 Å². The molecule has 0 heterocycles. The molecule has 4 nitrogen and oxygen atoms in total. The van der Waals surface area contributed by atoms with Crippen molar-refractivity contribution >= 4 is 33.5 Å². The van der Waals surface area contributed by atoms with Gasteiger partial charge in [0, 0.05) is 6.08 Å². The molecule has 0 atom stereocenters. The van der Waals surface area contributed by atoms with E-state index < -0.39 is 0 Å². The summed E-state index contributed by atoms with van der Waals surface area (Å²) in [7, 11) is 0. The summed E-state index contributed by atoms with van der Waals surface area (Å²) >= 11 is 0. The maximum absolute atomic E-state index is 12.9. The number of carbonyl (C=O) groups is 2. The molecule has 0 spiro atoms. The molecule has 0 aliphatic carbocycles. The first-order chi connectivity index (χ1) is 15.7. The molecule has 0 radical (unpaired) electrons. The highest BCUT2D eigenvalue weighted by Gasteiger charge is 2.15. The van der Waals surface area contributed by atoms with Gasteiger partial charge in [0.2, 0.25) is 0 Å². The van der Waals surface area contributed by atoms with Crippen molar-refractivity contribution in [3.05, 3.63) is 72.8 Å². The van der Waals surface area contributed by atoms with Crippen LogP contribution in [-0.4, -0.2) is 25.2 Å². The normalized spacial score (nSPS) is 10.9. The van der Waals surface area contributed by atoms with Gasteiger partial charge in [-0.15, -0.1) is 0 Å². The van der Waals surface area contributed by atoms with E-state index in [1.54, 1.807) is 0 Å². The largest absolute Gasteiger partial charge is 0.463 e. The van der Waals surface area contributed by atoms with Crippen LogP contribution in [0.15, 0.2) is 67.3 Å². The highest BCUT2D eigenvalue weighted by Crippen LogP contribution is 2.29. The number of rotatable bonds is 13. The molecule has 168 valence electrons. The van der Waals surface area contributed by atoms with Crippen molar-refractivity contribution in [1.82, 2.24) is 0 Å². The number of fused-ring (bicyclic) bond motifs is 2. The lowest BCUT2D eigenvalue weighted by Crippen LogP contribution is -2.08. The fraction of sp³-hybridized carbons (Fsp3) is 0.357. The molecular weight excluding hydrogens is 400 g/mol. The Morgan fingerprint density at radius 3 is 1.69 bits per heavy atom. The summed E-state index contributed by atoms with van der Waals surface area (Å²) in [6.07, 6.45) is 9.74. The van der Waals surface area contributed by atoms with E-state index in [1.807, 2.05) is 48.5 Å². The van der Waals surface area contributed by atoms with Crippen molar-refractivity contribution in [1.29, 1.82) is 0 Å². The van der Waals surface area contributed by atoms with Crippen LogP contribution in [0.4, 0.5) is 0 Å². The zero-order valence-corrected chi connectivity index (χ0v) is 18.7. The molecule has 0 aromatic heterocycles. The summed E-state index contributed by atoms with van der Waals surface area (Å²) in [4.78, 5) is 23.9. The van der Waals surface area contributed by atoms with Crippen LogP contribution in [0.1, 0.15) is 61.7 Å². The second kappa shape index (κ2) is 12.7. The minimum Gasteiger partial charge on any atom is -0.463 e. The fourth-order valence-corrected chi connectivity index (χ4v) is 3.97. The Hall–Kier alpha value is -3.14. The van der Waals surface area contributed by atoms with Gasteiger partial charge in [-0.2, -0.15) is 0 Å². The van der Waals surface area contributed by atoms with Crippen molar-refractivity contribution in [3.8, 4) is 0 Å². The molecule has 0 amide bonds. The Labute approximate surface area is 190 Å². The van der Waals surface area contributed by atoms with Gasteiger partial charge in [-0.25, -0.2) is 9.59 Å². The molecule has 3 rings (SSSR count). The Kier molecular flexibility index (Phi) is 9.30. The van der Waals surface area contributed by atoms with Gasteiger partial charge in [0.05, 0.1) is 18.8 Å². The Bertz CT molecular complexity index is 1000. The van der Waals surface area contributed by atoms with E-state index >= 15 is 0 Å². The molecule has 3 aromatic rings. The Morgan fingerprint density at radius 2 is 1.16 bits per heavy atom. The third kappa shape index (κ3) is 6.68. The second-order valence-electron chi connectivity index (χ2n) is 8.03. The molecule has 0 unspecified atom stereocenters. The number of benzene rings is 3. The van der Waals surface area contributed by atoms with Crippen LogP contribution in [0.3, 0.4) is 0 Å². The van der Waals surface area contributed by atoms with E-state index in [1.165, 1.54) is 18.9 Å². The average molecular weight is 433 g/mol. The first-order valence-electron chi connectivity index (χ1n) is 11.6. The summed E-state index contributed by atoms with van der Waals surface area (Å²) in [5, 5.41) is 3.99. The van der Waals surface area contributed by atoms with Crippen LogP contribution in [0, 0.1) is 0 Å². The van der Waals surface area contributed by atoms with Gasteiger partial charge in [-0.3, -0.25) is 0 Å². The lowest BCUT2D eigenvalue weighted by atomic mass is 9.97. The third-order valence-electron chi connectivity index (χ3n) is 5.66. The minimum absolute atomic E-state index is 0.241. The quantitative estimate of drug-likeness (QED) is 0.126. The number of ether oxygens (including phenoxy) is 2. The van der Waals surface area contributed by atoms with Crippen molar-refractivity contribution < 1.29 is 19.1 Å². The molecule has 32 heavy (non-hydrogen) atoms. The molecule has 4 heteroatoms. The predicted octanol–water partition coefficient (Wildman–Crippen LogP) is 7.00. The molecule has 3 aromatic carbocycles. The van der Waals surface area contributed by atoms with E-state index in [0.717, 1.165) is 60.1 Å². The smallest absolute Gasteiger partial charge is 0.339 e. The number of hydrogen-bond donors (Lipinski definition) is 0. The molecule has 0 aliphatic rings. The summed E-state index contributed by atoms with van der Waals surface area (Å²) in [6.45, 7) is 4.30. The second-order valence-corrected chi connectivity index (χ2v) is 8.03. The summed E-state index contributed by atoms with van der Waals surface area (Å²) in [6, 6.07) is 18.1. The van der Waals surface area contributed by atoms with E-state index in [-0.39, 0.29) is 11.9 Å². The van der Waals surface area contributed by atoms with Crippen LogP contribution in [0.25, 0.3) is 21.5 Å². The summed E-state index contributed by atoms with van der Waals surface area (Å²) < 4.78 is 10.6. The third-order valence-corrected chi connectivity index (χ3v) is 5.66. The van der Waals surface area contributed by atoms with Crippen LogP contribution in [0.5, 0.6) is 0 Å². The van der Waals surface area contributed by atoms with Gasteiger partial charge in [0.25, 0.3) is 0 Å². The van der Waals surface area contributed by atoms with Crippen molar-refractivity contribution in [2.24, 2.45) is 0 Å². The lowest BCUT2D eigenvalue weighted by molar-refractivity contribution is -0.137. The first kappa shape index (κ1) is 23.5. The molecule has 0 bridgehead atoms. The van der Waals surface area contributed by atoms with Gasteiger partial charge < -0.3 is 9.47 Å². The van der Waals surface area contributed by atoms with Gasteiger partial charge in [0.1, 0.15) is 0 Å². The highest BCUT2D eigenvalue weighted by atomic mass is 16.5. The van der Waals surface area contributed by atoms with E-state index in [2.05, 4.69) is 12.6 Å². The maximum atomic E-state index is 12.9. The number of unbranched alkanes of at least 4 members (excludes halogenated alkanes) is 7. The highest BCUT2D eigenvalue weighted by molar-refractivity contribution is 6.16.